The molecule has 1 unspecified atom stereocenters. The van der Waals surface area contributed by atoms with Crippen LogP contribution in [0.4, 0.5) is 0 Å². The molecule has 1 fully saturated rings. The first-order valence-electron chi connectivity index (χ1n) is 3.06. The minimum absolute atomic E-state index is 0.427. The molecule has 1 aliphatic rings. The van der Waals surface area contributed by atoms with Crippen LogP contribution in [0.25, 0.3) is 0 Å². The fourth-order valence-corrected chi connectivity index (χ4v) is 4.15. The van der Waals surface area contributed by atoms with Crippen LogP contribution in [0.3, 0.4) is 0 Å². The molecule has 0 aromatic carbocycles. The summed E-state index contributed by atoms with van der Waals surface area (Å²) < 4.78 is 22.3. The van der Waals surface area contributed by atoms with E-state index in [-0.39, 0.29) is 0 Å². The van der Waals surface area contributed by atoms with Crippen molar-refractivity contribution < 1.29 is 8.42 Å². The second-order valence-corrected chi connectivity index (χ2v) is 6.77. The van der Waals surface area contributed by atoms with Crippen LogP contribution in [-0.2, 0) is 9.84 Å². The van der Waals surface area contributed by atoms with Gasteiger partial charge in [-0.1, -0.05) is 0 Å². The molecule has 0 radical (unpaired) electrons. The Hall–Kier alpha value is 0.508. The van der Waals surface area contributed by atoms with E-state index in [1.807, 2.05) is 0 Å². The van der Waals surface area contributed by atoms with Crippen molar-refractivity contribution in [1.82, 2.24) is 0 Å². The Bertz CT molecular complexity index is 171. The summed E-state index contributed by atoms with van der Waals surface area (Å²) in [6.07, 6.45) is 1.78. The second-order valence-electron chi connectivity index (χ2n) is 2.49. The Morgan fingerprint density at radius 1 is 1.22 bits per heavy atom. The summed E-state index contributed by atoms with van der Waals surface area (Å²) in [7, 11) is -2.61. The molecule has 0 saturated carbocycles. The monoisotopic (exact) mass is 210 g/mol. The first-order chi connectivity index (χ1) is 4.10. The molecule has 0 aliphatic carbocycles. The van der Waals surface area contributed by atoms with Gasteiger partial charge in [-0.05, 0) is 0 Å². The van der Waals surface area contributed by atoms with Gasteiger partial charge in [0.2, 0.25) is 0 Å². The Labute approximate surface area is 64.4 Å². The molecule has 54 valence electrons. The molecular formula is C5H11AsO2S. The molecule has 0 aromatic heterocycles. The van der Waals surface area contributed by atoms with Crippen molar-refractivity contribution in [3.8, 4) is 0 Å². The van der Waals surface area contributed by atoms with Crippen LogP contribution in [-0.4, -0.2) is 36.8 Å². The summed E-state index contributed by atoms with van der Waals surface area (Å²) in [5.74, 6) is 0.853. The van der Waals surface area contributed by atoms with Gasteiger partial charge in [0, 0.05) is 0 Å². The molecule has 4 heteroatoms. The summed E-state index contributed by atoms with van der Waals surface area (Å²) >= 11 is 1.68. The summed E-state index contributed by atoms with van der Waals surface area (Å²) in [5.41, 5.74) is 0. The molecule has 0 spiro atoms. The SMILES string of the molecule is O=S1(=O)CCC([AsH2])CC1. The van der Waals surface area contributed by atoms with E-state index >= 15 is 0 Å². The van der Waals surface area contributed by atoms with Gasteiger partial charge in [0.25, 0.3) is 0 Å². The van der Waals surface area contributed by atoms with Gasteiger partial charge in [-0.15, -0.1) is 0 Å². The first-order valence-corrected chi connectivity index (χ1v) is 6.28. The van der Waals surface area contributed by atoms with Crippen molar-refractivity contribution in [3.63, 3.8) is 0 Å². The molecule has 0 amide bonds. The quantitative estimate of drug-likeness (QED) is 0.510. The molecule has 1 heterocycles. The Morgan fingerprint density at radius 2 is 1.67 bits per heavy atom. The van der Waals surface area contributed by atoms with Crippen molar-refractivity contribution in [2.45, 2.75) is 17.5 Å². The van der Waals surface area contributed by atoms with Gasteiger partial charge in [-0.3, -0.25) is 0 Å². The van der Waals surface area contributed by atoms with E-state index < -0.39 is 9.84 Å². The summed E-state index contributed by atoms with van der Waals surface area (Å²) in [6.45, 7) is 0. The third-order valence-electron chi connectivity index (χ3n) is 1.60. The minimum atomic E-state index is -2.61. The van der Waals surface area contributed by atoms with E-state index in [0.29, 0.717) is 16.2 Å². The van der Waals surface area contributed by atoms with E-state index in [1.54, 1.807) is 16.9 Å². The fourth-order valence-electron chi connectivity index (χ4n) is 0.908. The molecule has 1 saturated heterocycles. The van der Waals surface area contributed by atoms with Crippen LogP contribution in [0.1, 0.15) is 12.8 Å². The first kappa shape index (κ1) is 7.61. The average molecular weight is 210 g/mol. The van der Waals surface area contributed by atoms with E-state index in [2.05, 4.69) is 0 Å². The average Bonchev–Trinajstić information content (AvgIpc) is 1.78. The van der Waals surface area contributed by atoms with Crippen LogP contribution in [0.2, 0.25) is 4.71 Å². The molecule has 0 N–H and O–H groups in total. The summed E-state index contributed by atoms with van der Waals surface area (Å²) in [6, 6.07) is 0. The molecular weight excluding hydrogens is 199 g/mol. The maximum absolute atomic E-state index is 10.8. The van der Waals surface area contributed by atoms with Gasteiger partial charge in [-0.25, -0.2) is 0 Å². The van der Waals surface area contributed by atoms with Crippen molar-refractivity contribution in [2.24, 2.45) is 0 Å². The number of sulfone groups is 1. The van der Waals surface area contributed by atoms with Crippen LogP contribution in [0.5, 0.6) is 0 Å². The van der Waals surface area contributed by atoms with E-state index in [4.69, 9.17) is 0 Å². The van der Waals surface area contributed by atoms with Crippen LogP contribution >= 0.6 is 0 Å². The van der Waals surface area contributed by atoms with E-state index in [0.717, 1.165) is 12.8 Å². The topological polar surface area (TPSA) is 34.1 Å². The van der Waals surface area contributed by atoms with Gasteiger partial charge in [0.1, 0.15) is 0 Å². The van der Waals surface area contributed by atoms with Crippen molar-refractivity contribution in [1.29, 1.82) is 0 Å². The molecule has 0 bridgehead atoms. The summed E-state index contributed by atoms with van der Waals surface area (Å²) in [5, 5.41) is 0. The maximum atomic E-state index is 10.8. The fraction of sp³-hybridized carbons (Fsp3) is 1.00. The van der Waals surface area contributed by atoms with Gasteiger partial charge < -0.3 is 0 Å². The van der Waals surface area contributed by atoms with Crippen molar-refractivity contribution in [3.05, 3.63) is 0 Å². The zero-order valence-corrected chi connectivity index (χ0v) is 8.45. The normalized spacial score (nSPS) is 28.1. The van der Waals surface area contributed by atoms with Crippen molar-refractivity contribution >= 4 is 26.7 Å². The molecule has 1 rings (SSSR count). The predicted octanol–water partition coefficient (Wildman–Crippen LogP) is -0.383. The zero-order valence-electron chi connectivity index (χ0n) is 5.21. The third kappa shape index (κ3) is 2.30. The standard InChI is InChI=1S/C5H11AsO2S/c6-5-1-3-9(7,8)4-2-5/h5H,1-4,6H2. The molecule has 1 atom stereocenters. The Morgan fingerprint density at radius 3 is 2.00 bits per heavy atom. The molecule has 2 nitrogen and oxygen atoms in total. The van der Waals surface area contributed by atoms with Gasteiger partial charge in [-0.2, -0.15) is 0 Å². The Kier molecular flexibility index (Phi) is 2.22. The Balaban J connectivity index is 2.55. The van der Waals surface area contributed by atoms with Crippen LogP contribution < -0.4 is 0 Å². The molecule has 1 aliphatic heterocycles. The van der Waals surface area contributed by atoms with Crippen molar-refractivity contribution in [2.75, 3.05) is 11.5 Å². The van der Waals surface area contributed by atoms with E-state index in [1.165, 1.54) is 0 Å². The number of hydrogen-bond acceptors (Lipinski definition) is 2. The second kappa shape index (κ2) is 2.63. The number of hydrogen-bond donors (Lipinski definition) is 0. The van der Waals surface area contributed by atoms with Gasteiger partial charge in [0.05, 0.1) is 0 Å². The van der Waals surface area contributed by atoms with Crippen LogP contribution in [0.15, 0.2) is 0 Å². The molecule has 9 heavy (non-hydrogen) atoms. The van der Waals surface area contributed by atoms with E-state index in [9.17, 15) is 8.42 Å². The van der Waals surface area contributed by atoms with Crippen LogP contribution in [0, 0.1) is 0 Å². The van der Waals surface area contributed by atoms with Gasteiger partial charge in [0.15, 0.2) is 0 Å². The molecule has 0 aromatic rings. The zero-order chi connectivity index (χ0) is 6.91. The third-order valence-corrected chi connectivity index (χ3v) is 4.71. The predicted molar refractivity (Wildman–Crippen MR) is 40.2 cm³/mol. The van der Waals surface area contributed by atoms with Gasteiger partial charge >= 0.3 is 64.2 Å². The summed E-state index contributed by atoms with van der Waals surface area (Å²) in [4.78, 5) is 0. The number of rotatable bonds is 0.